The molecule has 1 unspecified atom stereocenters. The Morgan fingerprint density at radius 1 is 1.43 bits per heavy atom. The maximum atomic E-state index is 12.3. The van der Waals surface area contributed by atoms with Gasteiger partial charge in [0.2, 0.25) is 5.91 Å². The Morgan fingerprint density at radius 3 is 2.90 bits per heavy atom. The Hall–Kier alpha value is -2.10. The van der Waals surface area contributed by atoms with Crippen LogP contribution in [0.4, 0.5) is 0 Å². The quantitative estimate of drug-likeness (QED) is 0.845. The molecule has 3 rings (SSSR count). The number of aryl methyl sites for hydroxylation is 1. The zero-order chi connectivity index (χ0) is 14.8. The van der Waals surface area contributed by atoms with Crippen LogP contribution in [0.25, 0.3) is 11.0 Å². The Labute approximate surface area is 124 Å². The number of hydrogen-bond acceptors (Lipinski definition) is 2. The smallest absolute Gasteiger partial charge is 0.224 e. The first-order chi connectivity index (χ1) is 10.2. The van der Waals surface area contributed by atoms with Gasteiger partial charge in [-0.1, -0.05) is 25.1 Å². The van der Waals surface area contributed by atoms with Crippen molar-refractivity contribution < 1.29 is 4.79 Å². The summed E-state index contributed by atoms with van der Waals surface area (Å²) < 4.78 is 0. The first-order valence-electron chi connectivity index (χ1n) is 7.59. The van der Waals surface area contributed by atoms with E-state index in [4.69, 9.17) is 0 Å². The van der Waals surface area contributed by atoms with Gasteiger partial charge in [-0.15, -0.1) is 0 Å². The predicted molar refractivity (Wildman–Crippen MR) is 83.9 cm³/mol. The van der Waals surface area contributed by atoms with E-state index in [1.54, 1.807) is 0 Å². The summed E-state index contributed by atoms with van der Waals surface area (Å²) in [6.45, 7) is 4.13. The predicted octanol–water partition coefficient (Wildman–Crippen LogP) is 3.40. The summed E-state index contributed by atoms with van der Waals surface area (Å²) in [7, 11) is 0. The summed E-state index contributed by atoms with van der Waals surface area (Å²) in [5.41, 5.74) is 3.18. The minimum Gasteiger partial charge on any atom is -0.346 e. The molecular formula is C17H21N3O. The molecule has 0 radical (unpaired) electrons. The molecule has 2 N–H and O–H groups in total. The van der Waals surface area contributed by atoms with Gasteiger partial charge in [-0.3, -0.25) is 4.79 Å². The lowest BCUT2D eigenvalue weighted by Crippen LogP contribution is -2.33. The molecule has 1 heterocycles. The van der Waals surface area contributed by atoms with Crippen LogP contribution in [0.1, 0.15) is 43.6 Å². The zero-order valence-corrected chi connectivity index (χ0v) is 12.5. The highest BCUT2D eigenvalue weighted by Crippen LogP contribution is 2.22. The fourth-order valence-corrected chi connectivity index (χ4v) is 2.79. The fraction of sp³-hybridized carbons (Fsp3) is 0.412. The van der Waals surface area contributed by atoms with Gasteiger partial charge in [0.05, 0.1) is 17.1 Å². The maximum absolute atomic E-state index is 12.3. The van der Waals surface area contributed by atoms with Gasteiger partial charge in [0.15, 0.2) is 0 Å². The van der Waals surface area contributed by atoms with E-state index >= 15 is 0 Å². The molecule has 1 aliphatic rings. The van der Waals surface area contributed by atoms with Gasteiger partial charge >= 0.3 is 0 Å². The van der Waals surface area contributed by atoms with E-state index in [9.17, 15) is 4.79 Å². The molecule has 110 valence electrons. The Bertz CT molecular complexity index is 678. The standard InChI is InChI=1S/C17H21N3O/c1-3-13(20-17(21)12-6-4-5-7-12)16-18-14-9-8-11(2)10-15(14)19-16/h4-5,8-10,12-13H,3,6-7H2,1-2H3,(H,18,19)(H,20,21). The number of aromatic amines is 1. The first-order valence-corrected chi connectivity index (χ1v) is 7.59. The third kappa shape index (κ3) is 2.84. The van der Waals surface area contributed by atoms with Crippen LogP contribution in [0.5, 0.6) is 0 Å². The summed E-state index contributed by atoms with van der Waals surface area (Å²) in [6, 6.07) is 6.10. The number of carbonyl (C=O) groups excluding carboxylic acids is 1. The van der Waals surface area contributed by atoms with E-state index in [0.717, 1.165) is 36.1 Å². The molecule has 1 atom stereocenters. The maximum Gasteiger partial charge on any atom is 0.224 e. The van der Waals surface area contributed by atoms with Crippen LogP contribution < -0.4 is 5.32 Å². The summed E-state index contributed by atoms with van der Waals surface area (Å²) >= 11 is 0. The molecule has 4 heteroatoms. The van der Waals surface area contributed by atoms with Gasteiger partial charge in [-0.05, 0) is 43.9 Å². The van der Waals surface area contributed by atoms with Gasteiger partial charge in [-0.25, -0.2) is 4.98 Å². The first kappa shape index (κ1) is 13.9. The van der Waals surface area contributed by atoms with Crippen molar-refractivity contribution in [2.75, 3.05) is 0 Å². The number of aromatic nitrogens is 2. The second-order valence-electron chi connectivity index (χ2n) is 5.75. The lowest BCUT2D eigenvalue weighted by molar-refractivity contribution is -0.125. The van der Waals surface area contributed by atoms with Gasteiger partial charge < -0.3 is 10.3 Å². The highest BCUT2D eigenvalue weighted by atomic mass is 16.1. The SMILES string of the molecule is CCC(NC(=O)C1CC=CC1)c1nc2ccc(C)cc2[nH]1. The highest BCUT2D eigenvalue weighted by molar-refractivity contribution is 5.80. The van der Waals surface area contributed by atoms with E-state index in [2.05, 4.69) is 53.4 Å². The Balaban J connectivity index is 1.79. The number of rotatable bonds is 4. The van der Waals surface area contributed by atoms with Crippen molar-refractivity contribution in [3.63, 3.8) is 0 Å². The molecular weight excluding hydrogens is 262 g/mol. The molecule has 0 aliphatic heterocycles. The van der Waals surface area contributed by atoms with Crippen molar-refractivity contribution in [3.8, 4) is 0 Å². The zero-order valence-electron chi connectivity index (χ0n) is 12.5. The van der Waals surface area contributed by atoms with E-state index in [-0.39, 0.29) is 17.9 Å². The van der Waals surface area contributed by atoms with Crippen molar-refractivity contribution in [1.29, 1.82) is 0 Å². The summed E-state index contributed by atoms with van der Waals surface area (Å²) in [6.07, 6.45) is 6.68. The number of benzene rings is 1. The topological polar surface area (TPSA) is 57.8 Å². The van der Waals surface area contributed by atoms with Crippen LogP contribution in [-0.2, 0) is 4.79 Å². The van der Waals surface area contributed by atoms with E-state index in [1.807, 2.05) is 6.07 Å². The second-order valence-corrected chi connectivity index (χ2v) is 5.75. The third-order valence-electron chi connectivity index (χ3n) is 4.09. The Kier molecular flexibility index (Phi) is 3.78. The highest BCUT2D eigenvalue weighted by Gasteiger charge is 2.23. The number of amides is 1. The summed E-state index contributed by atoms with van der Waals surface area (Å²) in [4.78, 5) is 20.2. The number of imidazole rings is 1. The molecule has 0 fully saturated rings. The minimum absolute atomic E-state index is 0.0502. The minimum atomic E-state index is -0.0502. The van der Waals surface area contributed by atoms with Crippen LogP contribution in [0.15, 0.2) is 30.4 Å². The van der Waals surface area contributed by atoms with Crippen LogP contribution in [0, 0.1) is 12.8 Å². The number of allylic oxidation sites excluding steroid dienone is 2. The van der Waals surface area contributed by atoms with Gasteiger partial charge in [0.1, 0.15) is 5.82 Å². The van der Waals surface area contributed by atoms with Crippen molar-refractivity contribution in [2.45, 2.75) is 39.2 Å². The van der Waals surface area contributed by atoms with E-state index in [0.29, 0.717) is 0 Å². The second kappa shape index (κ2) is 5.72. The van der Waals surface area contributed by atoms with E-state index in [1.165, 1.54) is 5.56 Å². The van der Waals surface area contributed by atoms with Crippen molar-refractivity contribution in [1.82, 2.24) is 15.3 Å². The molecule has 1 aliphatic carbocycles. The Morgan fingerprint density at radius 2 is 2.19 bits per heavy atom. The molecule has 1 aromatic heterocycles. The van der Waals surface area contributed by atoms with Crippen LogP contribution in [-0.4, -0.2) is 15.9 Å². The number of fused-ring (bicyclic) bond motifs is 1. The van der Waals surface area contributed by atoms with Crippen molar-refractivity contribution >= 4 is 16.9 Å². The average molecular weight is 283 g/mol. The van der Waals surface area contributed by atoms with E-state index < -0.39 is 0 Å². The monoisotopic (exact) mass is 283 g/mol. The number of nitrogens with zero attached hydrogens (tertiary/aromatic N) is 1. The molecule has 2 aromatic rings. The van der Waals surface area contributed by atoms with Crippen LogP contribution in [0.2, 0.25) is 0 Å². The summed E-state index contributed by atoms with van der Waals surface area (Å²) in [5, 5.41) is 3.13. The van der Waals surface area contributed by atoms with Crippen LogP contribution >= 0.6 is 0 Å². The number of hydrogen-bond donors (Lipinski definition) is 2. The molecule has 0 bridgehead atoms. The third-order valence-corrected chi connectivity index (χ3v) is 4.09. The van der Waals surface area contributed by atoms with Gasteiger partial charge in [-0.2, -0.15) is 0 Å². The van der Waals surface area contributed by atoms with Crippen LogP contribution in [0.3, 0.4) is 0 Å². The molecule has 0 saturated heterocycles. The lowest BCUT2D eigenvalue weighted by atomic mass is 10.1. The average Bonchev–Trinajstić information content (AvgIpc) is 3.12. The van der Waals surface area contributed by atoms with Crippen molar-refractivity contribution in [3.05, 3.63) is 41.7 Å². The summed E-state index contributed by atoms with van der Waals surface area (Å²) in [5.74, 6) is 1.06. The lowest BCUT2D eigenvalue weighted by Gasteiger charge is -2.17. The van der Waals surface area contributed by atoms with Crippen molar-refractivity contribution in [2.24, 2.45) is 5.92 Å². The fourth-order valence-electron chi connectivity index (χ4n) is 2.79. The molecule has 1 amide bonds. The number of H-pyrrole nitrogens is 1. The van der Waals surface area contributed by atoms with Gasteiger partial charge in [0.25, 0.3) is 0 Å². The number of carbonyl (C=O) groups is 1. The molecule has 21 heavy (non-hydrogen) atoms. The molecule has 1 aromatic carbocycles. The number of nitrogens with one attached hydrogen (secondary N) is 2. The normalized spacial score (nSPS) is 16.5. The molecule has 0 spiro atoms. The largest absolute Gasteiger partial charge is 0.346 e. The van der Waals surface area contributed by atoms with Gasteiger partial charge in [0, 0.05) is 5.92 Å². The molecule has 0 saturated carbocycles. The molecule has 4 nitrogen and oxygen atoms in total.